The lowest BCUT2D eigenvalue weighted by Gasteiger charge is -2.16. The molecule has 20 heavy (non-hydrogen) atoms. The Labute approximate surface area is 120 Å². The number of hydrogen-bond acceptors (Lipinski definition) is 5. The van der Waals surface area contributed by atoms with Crippen LogP contribution in [0.25, 0.3) is 0 Å². The van der Waals surface area contributed by atoms with E-state index in [1.165, 1.54) is 0 Å². The molecule has 0 spiro atoms. The third-order valence-corrected chi connectivity index (χ3v) is 3.82. The topological polar surface area (TPSA) is 91.4 Å². The minimum atomic E-state index is -0.610. The van der Waals surface area contributed by atoms with Gasteiger partial charge in [-0.1, -0.05) is 0 Å². The molecule has 1 fully saturated rings. The Morgan fingerprint density at radius 2 is 2.25 bits per heavy atom. The van der Waals surface area contributed by atoms with Crippen molar-refractivity contribution in [3.8, 4) is 0 Å². The maximum atomic E-state index is 12.0. The Hall–Kier alpha value is -1.96. The molecule has 1 aromatic heterocycles. The molecule has 1 aliphatic rings. The van der Waals surface area contributed by atoms with E-state index in [4.69, 9.17) is 0 Å². The van der Waals surface area contributed by atoms with E-state index in [0.29, 0.717) is 13.0 Å². The predicted octanol–water partition coefficient (Wildman–Crippen LogP) is 0.398. The molecule has 1 aromatic rings. The van der Waals surface area contributed by atoms with E-state index in [1.807, 2.05) is 12.3 Å². The standard InChI is InChI=1S/C12H16N4O3S/c1-7-13-8(6-20-7)5-16(2)10(17)4-3-9-11(18)15-12(19)14-9/h6,9H,3-5H2,1-2H3,(H2,14,15,18,19)/t9-/m1/s1. The van der Waals surface area contributed by atoms with Crippen LogP contribution in [-0.4, -0.2) is 40.8 Å². The fourth-order valence-corrected chi connectivity index (χ4v) is 2.54. The number of carbonyl (C=O) groups excluding carboxylic acids is 3. The molecule has 1 aliphatic heterocycles. The van der Waals surface area contributed by atoms with Crippen molar-refractivity contribution >= 4 is 29.2 Å². The highest BCUT2D eigenvalue weighted by Gasteiger charge is 2.29. The van der Waals surface area contributed by atoms with Crippen LogP contribution in [-0.2, 0) is 16.1 Å². The number of carbonyl (C=O) groups is 3. The zero-order valence-electron chi connectivity index (χ0n) is 11.3. The van der Waals surface area contributed by atoms with E-state index in [-0.39, 0.29) is 18.2 Å². The van der Waals surface area contributed by atoms with Gasteiger partial charge < -0.3 is 10.2 Å². The Morgan fingerprint density at radius 1 is 1.50 bits per heavy atom. The quantitative estimate of drug-likeness (QED) is 0.769. The molecule has 0 unspecified atom stereocenters. The number of amides is 4. The summed E-state index contributed by atoms with van der Waals surface area (Å²) in [6.07, 6.45) is 0.509. The van der Waals surface area contributed by atoms with Gasteiger partial charge in [0.1, 0.15) is 6.04 Å². The number of imide groups is 1. The average Bonchev–Trinajstić information content (AvgIpc) is 2.92. The first-order valence-electron chi connectivity index (χ1n) is 6.22. The summed E-state index contributed by atoms with van der Waals surface area (Å²) in [5.41, 5.74) is 0.857. The Balaban J connectivity index is 1.79. The average molecular weight is 296 g/mol. The third-order valence-electron chi connectivity index (χ3n) is 3.00. The highest BCUT2D eigenvalue weighted by atomic mass is 32.1. The molecule has 4 amide bonds. The smallest absolute Gasteiger partial charge is 0.322 e. The highest BCUT2D eigenvalue weighted by molar-refractivity contribution is 7.09. The van der Waals surface area contributed by atoms with Gasteiger partial charge in [0, 0.05) is 18.8 Å². The monoisotopic (exact) mass is 296 g/mol. The lowest BCUT2D eigenvalue weighted by molar-refractivity contribution is -0.130. The van der Waals surface area contributed by atoms with Crippen molar-refractivity contribution in [2.45, 2.75) is 32.4 Å². The largest absolute Gasteiger partial charge is 0.340 e. The molecule has 2 rings (SSSR count). The van der Waals surface area contributed by atoms with Gasteiger partial charge in [0.15, 0.2) is 0 Å². The predicted molar refractivity (Wildman–Crippen MR) is 73.0 cm³/mol. The number of hydrogen-bond donors (Lipinski definition) is 2. The first-order valence-corrected chi connectivity index (χ1v) is 7.10. The van der Waals surface area contributed by atoms with Gasteiger partial charge in [-0.15, -0.1) is 11.3 Å². The summed E-state index contributed by atoms with van der Waals surface area (Å²) in [6, 6.07) is -1.11. The normalized spacial score (nSPS) is 17.8. The fourth-order valence-electron chi connectivity index (χ4n) is 1.93. The van der Waals surface area contributed by atoms with Crippen LogP contribution in [0, 0.1) is 6.92 Å². The van der Waals surface area contributed by atoms with Crippen LogP contribution in [0.2, 0.25) is 0 Å². The number of rotatable bonds is 5. The third kappa shape index (κ3) is 3.53. The molecule has 1 saturated heterocycles. The summed E-state index contributed by atoms with van der Waals surface area (Å²) in [5, 5.41) is 7.49. The molecule has 2 N–H and O–H groups in total. The Morgan fingerprint density at radius 3 is 2.80 bits per heavy atom. The summed E-state index contributed by atoms with van der Waals surface area (Å²) in [4.78, 5) is 40.1. The number of nitrogens with one attached hydrogen (secondary N) is 2. The summed E-state index contributed by atoms with van der Waals surface area (Å²) in [5.74, 6) is -0.454. The van der Waals surface area contributed by atoms with Crippen LogP contribution in [0.1, 0.15) is 23.5 Å². The SMILES string of the molecule is Cc1nc(CN(C)C(=O)CC[C@H]2NC(=O)NC2=O)cs1. The summed E-state index contributed by atoms with van der Waals surface area (Å²) >= 11 is 1.54. The molecule has 108 valence electrons. The Bertz CT molecular complexity index is 543. The van der Waals surface area contributed by atoms with Crippen LogP contribution >= 0.6 is 11.3 Å². The van der Waals surface area contributed by atoms with Crippen LogP contribution in [0.4, 0.5) is 4.79 Å². The van der Waals surface area contributed by atoms with Crippen molar-refractivity contribution in [3.05, 3.63) is 16.1 Å². The molecular formula is C12H16N4O3S. The number of aromatic nitrogens is 1. The van der Waals surface area contributed by atoms with E-state index >= 15 is 0 Å². The zero-order valence-corrected chi connectivity index (χ0v) is 12.1. The molecular weight excluding hydrogens is 280 g/mol. The summed E-state index contributed by atoms with van der Waals surface area (Å²) in [6.45, 7) is 2.36. The van der Waals surface area contributed by atoms with Gasteiger partial charge in [-0.3, -0.25) is 14.9 Å². The second-order valence-corrected chi connectivity index (χ2v) is 5.72. The van der Waals surface area contributed by atoms with Crippen molar-refractivity contribution in [1.82, 2.24) is 20.5 Å². The minimum absolute atomic E-state index is 0.0791. The Kier molecular flexibility index (Phi) is 4.33. The highest BCUT2D eigenvalue weighted by Crippen LogP contribution is 2.11. The second kappa shape index (κ2) is 6.00. The van der Waals surface area contributed by atoms with Crippen molar-refractivity contribution < 1.29 is 14.4 Å². The van der Waals surface area contributed by atoms with Gasteiger partial charge in [-0.05, 0) is 13.3 Å². The van der Waals surface area contributed by atoms with Crippen molar-refractivity contribution in [2.24, 2.45) is 0 Å². The minimum Gasteiger partial charge on any atom is -0.340 e. The van der Waals surface area contributed by atoms with Crippen LogP contribution < -0.4 is 10.6 Å². The van der Waals surface area contributed by atoms with Gasteiger partial charge in [-0.2, -0.15) is 0 Å². The molecule has 8 heteroatoms. The van der Waals surface area contributed by atoms with E-state index in [1.54, 1.807) is 23.3 Å². The maximum absolute atomic E-state index is 12.0. The van der Waals surface area contributed by atoms with E-state index in [9.17, 15) is 14.4 Å². The van der Waals surface area contributed by atoms with Gasteiger partial charge >= 0.3 is 6.03 Å². The van der Waals surface area contributed by atoms with Crippen LogP contribution in [0.3, 0.4) is 0 Å². The molecule has 0 saturated carbocycles. The molecule has 0 radical (unpaired) electrons. The molecule has 1 atom stereocenters. The van der Waals surface area contributed by atoms with Crippen LogP contribution in [0.15, 0.2) is 5.38 Å². The maximum Gasteiger partial charge on any atom is 0.322 e. The number of aryl methyl sites for hydroxylation is 1. The molecule has 0 aliphatic carbocycles. The zero-order chi connectivity index (χ0) is 14.7. The lowest BCUT2D eigenvalue weighted by atomic mass is 10.1. The van der Waals surface area contributed by atoms with Gasteiger partial charge in [-0.25, -0.2) is 9.78 Å². The summed E-state index contributed by atoms with van der Waals surface area (Å²) < 4.78 is 0. The molecule has 0 aromatic carbocycles. The summed E-state index contributed by atoms with van der Waals surface area (Å²) in [7, 11) is 1.70. The fraction of sp³-hybridized carbons (Fsp3) is 0.500. The van der Waals surface area contributed by atoms with Crippen molar-refractivity contribution in [1.29, 1.82) is 0 Å². The van der Waals surface area contributed by atoms with E-state index in [2.05, 4.69) is 15.6 Å². The first kappa shape index (κ1) is 14.4. The van der Waals surface area contributed by atoms with Crippen LogP contribution in [0.5, 0.6) is 0 Å². The number of urea groups is 1. The molecule has 0 bridgehead atoms. The van der Waals surface area contributed by atoms with Gasteiger partial charge in [0.25, 0.3) is 5.91 Å². The molecule has 7 nitrogen and oxygen atoms in total. The second-order valence-electron chi connectivity index (χ2n) is 4.66. The van der Waals surface area contributed by atoms with Crippen molar-refractivity contribution in [2.75, 3.05) is 7.05 Å². The number of thiazole rings is 1. The van der Waals surface area contributed by atoms with Gasteiger partial charge in [0.2, 0.25) is 5.91 Å². The van der Waals surface area contributed by atoms with E-state index in [0.717, 1.165) is 10.7 Å². The number of nitrogens with zero attached hydrogens (tertiary/aromatic N) is 2. The van der Waals surface area contributed by atoms with Crippen molar-refractivity contribution in [3.63, 3.8) is 0 Å². The first-order chi connectivity index (χ1) is 9.45. The lowest BCUT2D eigenvalue weighted by Crippen LogP contribution is -2.32. The molecule has 2 heterocycles. The van der Waals surface area contributed by atoms with Gasteiger partial charge in [0.05, 0.1) is 17.2 Å². The van der Waals surface area contributed by atoms with E-state index < -0.39 is 12.1 Å².